The predicted octanol–water partition coefficient (Wildman–Crippen LogP) is 3.90. The van der Waals surface area contributed by atoms with Crippen molar-refractivity contribution in [2.45, 2.75) is 26.4 Å². The second kappa shape index (κ2) is 7.95. The van der Waals surface area contributed by atoms with Gasteiger partial charge in [-0.2, -0.15) is 0 Å². The average molecular weight is 385 g/mol. The van der Waals surface area contributed by atoms with E-state index in [1.165, 1.54) is 18.2 Å². The van der Waals surface area contributed by atoms with Crippen molar-refractivity contribution in [2.75, 3.05) is 6.61 Å². The number of benzene rings is 1. The Balaban J connectivity index is 2.23. The largest absolute Gasteiger partial charge is 0.395 e. The summed E-state index contributed by atoms with van der Waals surface area (Å²) in [5.74, 6) is -0.612. The van der Waals surface area contributed by atoms with Crippen LogP contribution in [0.2, 0.25) is 0 Å². The minimum Gasteiger partial charge on any atom is -0.395 e. The van der Waals surface area contributed by atoms with Crippen LogP contribution in [0.1, 0.15) is 19.5 Å². The Bertz CT molecular complexity index is 680. The molecule has 0 aliphatic carbocycles. The molecule has 2 aromatic rings. The highest BCUT2D eigenvalue weighted by molar-refractivity contribution is 9.10. The molecule has 3 nitrogen and oxygen atoms in total. The quantitative estimate of drug-likeness (QED) is 0.793. The van der Waals surface area contributed by atoms with Crippen LogP contribution in [0, 0.1) is 17.6 Å². The fourth-order valence-corrected chi connectivity index (χ4v) is 2.41. The van der Waals surface area contributed by atoms with E-state index < -0.39 is 11.6 Å². The number of aliphatic hydroxyl groups excluding tert-OH is 1. The third kappa shape index (κ3) is 4.56. The number of hydrogen-bond acceptors (Lipinski definition) is 3. The van der Waals surface area contributed by atoms with Gasteiger partial charge in [0.05, 0.1) is 22.5 Å². The summed E-state index contributed by atoms with van der Waals surface area (Å²) in [6, 6.07) is 7.37. The Morgan fingerprint density at radius 1 is 1.17 bits per heavy atom. The van der Waals surface area contributed by atoms with Gasteiger partial charge in [0.15, 0.2) is 0 Å². The lowest BCUT2D eigenvalue weighted by Crippen LogP contribution is -2.36. The highest BCUT2D eigenvalue weighted by Gasteiger charge is 2.14. The predicted molar refractivity (Wildman–Crippen MR) is 89.8 cm³/mol. The number of halogens is 3. The van der Waals surface area contributed by atoms with Crippen molar-refractivity contribution < 1.29 is 13.9 Å². The van der Waals surface area contributed by atoms with E-state index in [2.05, 4.69) is 26.2 Å². The van der Waals surface area contributed by atoms with E-state index in [1.54, 1.807) is 12.1 Å². The summed E-state index contributed by atoms with van der Waals surface area (Å²) in [5, 5.41) is 12.4. The van der Waals surface area contributed by atoms with Gasteiger partial charge in [0, 0.05) is 18.2 Å². The van der Waals surface area contributed by atoms with Crippen molar-refractivity contribution in [1.29, 1.82) is 0 Å². The monoisotopic (exact) mass is 384 g/mol. The molecule has 0 amide bonds. The molecule has 2 N–H and O–H groups in total. The lowest BCUT2D eigenvalue weighted by atomic mass is 10.1. The molecule has 0 aliphatic rings. The first kappa shape index (κ1) is 18.0. The van der Waals surface area contributed by atoms with Gasteiger partial charge < -0.3 is 10.4 Å². The summed E-state index contributed by atoms with van der Waals surface area (Å²) in [5.41, 5.74) is 1.32. The van der Waals surface area contributed by atoms with E-state index in [0.29, 0.717) is 15.7 Å². The summed E-state index contributed by atoms with van der Waals surface area (Å²) in [6.45, 7) is 4.11. The highest BCUT2D eigenvalue weighted by atomic mass is 79.9. The van der Waals surface area contributed by atoms with Gasteiger partial charge in [-0.15, -0.1) is 0 Å². The van der Waals surface area contributed by atoms with Gasteiger partial charge in [-0.1, -0.05) is 19.9 Å². The maximum atomic E-state index is 13.9. The van der Waals surface area contributed by atoms with E-state index in [9.17, 15) is 13.9 Å². The molecule has 23 heavy (non-hydrogen) atoms. The molecule has 0 unspecified atom stereocenters. The minimum atomic E-state index is -0.431. The lowest BCUT2D eigenvalue weighted by Gasteiger charge is -2.20. The molecule has 1 heterocycles. The van der Waals surface area contributed by atoms with Gasteiger partial charge in [-0.3, -0.25) is 0 Å². The van der Waals surface area contributed by atoms with Crippen molar-refractivity contribution in [3.63, 3.8) is 0 Å². The van der Waals surface area contributed by atoms with E-state index in [0.717, 1.165) is 0 Å². The van der Waals surface area contributed by atoms with E-state index in [-0.39, 0.29) is 30.8 Å². The molecule has 0 saturated heterocycles. The van der Waals surface area contributed by atoms with Crippen molar-refractivity contribution in [3.05, 3.63) is 52.1 Å². The Morgan fingerprint density at radius 3 is 2.52 bits per heavy atom. The van der Waals surface area contributed by atoms with Crippen LogP contribution < -0.4 is 5.32 Å². The molecular weight excluding hydrogens is 366 g/mol. The molecule has 0 bridgehead atoms. The maximum Gasteiger partial charge on any atom is 0.146 e. The number of hydrogen-bond donors (Lipinski definition) is 2. The third-order valence-corrected chi connectivity index (χ3v) is 4.31. The molecule has 1 atom stereocenters. The van der Waals surface area contributed by atoms with Crippen LogP contribution in [-0.4, -0.2) is 22.7 Å². The summed E-state index contributed by atoms with van der Waals surface area (Å²) >= 11 is 3.10. The second-order valence-electron chi connectivity index (χ2n) is 5.67. The fraction of sp³-hybridized carbons (Fsp3) is 0.353. The standard InChI is InChI=1S/C17H19BrF2N2O/c1-10(2)17(9-23)21-8-16-13(19)5-6-15(22-16)11-3-4-12(18)14(20)7-11/h3-7,10,17,21,23H,8-9H2,1-2H3/t17-/m0/s1. The fourth-order valence-electron chi connectivity index (χ4n) is 2.16. The van der Waals surface area contributed by atoms with Crippen LogP contribution in [0.3, 0.4) is 0 Å². The SMILES string of the molecule is CC(C)[C@H](CO)NCc1nc(-c2ccc(Br)c(F)c2)ccc1F. The Morgan fingerprint density at radius 2 is 1.91 bits per heavy atom. The van der Waals surface area contributed by atoms with Crippen molar-refractivity contribution in [2.24, 2.45) is 5.92 Å². The van der Waals surface area contributed by atoms with Gasteiger partial charge >= 0.3 is 0 Å². The Kier molecular flexibility index (Phi) is 6.21. The molecule has 1 aromatic carbocycles. The molecule has 2 rings (SSSR count). The summed E-state index contributed by atoms with van der Waals surface area (Å²) in [6.07, 6.45) is 0. The van der Waals surface area contributed by atoms with Crippen LogP contribution in [0.5, 0.6) is 0 Å². The molecule has 0 spiro atoms. The number of nitrogens with zero attached hydrogens (tertiary/aromatic N) is 1. The van der Waals surface area contributed by atoms with Crippen LogP contribution in [0.4, 0.5) is 8.78 Å². The average Bonchev–Trinajstić information content (AvgIpc) is 2.52. The summed E-state index contributed by atoms with van der Waals surface area (Å²) in [4.78, 5) is 4.28. The van der Waals surface area contributed by atoms with Gasteiger partial charge in [0.1, 0.15) is 11.6 Å². The molecule has 6 heteroatoms. The normalized spacial score (nSPS) is 12.7. The van der Waals surface area contributed by atoms with Crippen LogP contribution in [0.25, 0.3) is 11.3 Å². The van der Waals surface area contributed by atoms with E-state index in [4.69, 9.17) is 0 Å². The molecule has 1 aromatic heterocycles. The highest BCUT2D eigenvalue weighted by Crippen LogP contribution is 2.24. The minimum absolute atomic E-state index is 0.0309. The zero-order valence-corrected chi connectivity index (χ0v) is 14.6. The smallest absolute Gasteiger partial charge is 0.146 e. The van der Waals surface area contributed by atoms with E-state index >= 15 is 0 Å². The number of aliphatic hydroxyl groups is 1. The molecular formula is C17H19BrF2N2O. The van der Waals surface area contributed by atoms with Crippen LogP contribution in [-0.2, 0) is 6.54 Å². The topological polar surface area (TPSA) is 45.1 Å². The van der Waals surface area contributed by atoms with Crippen molar-refractivity contribution in [1.82, 2.24) is 10.3 Å². The lowest BCUT2D eigenvalue weighted by molar-refractivity contribution is 0.209. The van der Waals surface area contributed by atoms with Crippen molar-refractivity contribution in [3.8, 4) is 11.3 Å². The Labute approximate surface area is 142 Å². The first-order valence-corrected chi connectivity index (χ1v) is 8.16. The first-order chi connectivity index (χ1) is 10.9. The van der Waals surface area contributed by atoms with Crippen LogP contribution in [0.15, 0.2) is 34.8 Å². The zero-order valence-electron chi connectivity index (χ0n) is 13.0. The first-order valence-electron chi connectivity index (χ1n) is 7.37. The zero-order chi connectivity index (χ0) is 17.0. The maximum absolute atomic E-state index is 13.9. The number of rotatable bonds is 6. The second-order valence-corrected chi connectivity index (χ2v) is 6.52. The molecule has 0 aliphatic heterocycles. The van der Waals surface area contributed by atoms with Gasteiger partial charge in [0.25, 0.3) is 0 Å². The van der Waals surface area contributed by atoms with Gasteiger partial charge in [0.2, 0.25) is 0 Å². The molecule has 0 saturated carbocycles. The number of pyridine rings is 1. The molecule has 0 radical (unpaired) electrons. The number of nitrogens with one attached hydrogen (secondary N) is 1. The summed E-state index contributed by atoms with van der Waals surface area (Å²) in [7, 11) is 0. The van der Waals surface area contributed by atoms with E-state index in [1.807, 2.05) is 13.8 Å². The van der Waals surface area contributed by atoms with Gasteiger partial charge in [-0.05, 0) is 46.1 Å². The molecule has 124 valence electrons. The van der Waals surface area contributed by atoms with Gasteiger partial charge in [-0.25, -0.2) is 13.8 Å². The third-order valence-electron chi connectivity index (χ3n) is 3.67. The Hall–Kier alpha value is -1.37. The summed E-state index contributed by atoms with van der Waals surface area (Å²) < 4.78 is 28.0. The van der Waals surface area contributed by atoms with Crippen LogP contribution >= 0.6 is 15.9 Å². The van der Waals surface area contributed by atoms with Crippen molar-refractivity contribution >= 4 is 15.9 Å². The number of aromatic nitrogens is 1. The molecule has 0 fully saturated rings.